The van der Waals surface area contributed by atoms with Crippen LogP contribution in [0, 0.1) is 0 Å². The second-order valence-corrected chi connectivity index (χ2v) is 7.77. The summed E-state index contributed by atoms with van der Waals surface area (Å²) in [4.78, 5) is 11.7. The Bertz CT molecular complexity index is 947. The number of hydrogen-bond donors (Lipinski definition) is 1. The standard InChI is InChI=1S/C23H24ClN3O/c1-2-23(28)26-20-11-12-21(15-20)27-22(13-14-25-27)18-5-3-16(4-6-18)17-7-9-19(24)10-8-17/h3-10,13-14,20-21H,2,11-12,15H2,1H3,(H,26,28). The van der Waals surface area contributed by atoms with E-state index in [1.165, 1.54) is 0 Å². The normalized spacial score (nSPS) is 18.9. The van der Waals surface area contributed by atoms with Crippen LogP contribution in [-0.4, -0.2) is 21.7 Å². The van der Waals surface area contributed by atoms with Crippen LogP contribution in [0.1, 0.15) is 38.6 Å². The molecule has 0 radical (unpaired) electrons. The van der Waals surface area contributed by atoms with Gasteiger partial charge in [0.25, 0.3) is 0 Å². The maximum absolute atomic E-state index is 11.7. The molecule has 3 aromatic rings. The van der Waals surface area contributed by atoms with Gasteiger partial charge in [-0.1, -0.05) is 54.9 Å². The molecule has 1 aliphatic carbocycles. The summed E-state index contributed by atoms with van der Waals surface area (Å²) in [6.45, 7) is 1.89. The van der Waals surface area contributed by atoms with Crippen molar-refractivity contribution in [1.82, 2.24) is 15.1 Å². The lowest BCUT2D eigenvalue weighted by atomic mass is 10.0. The number of halogens is 1. The molecular weight excluding hydrogens is 370 g/mol. The first-order valence-electron chi connectivity index (χ1n) is 9.83. The van der Waals surface area contributed by atoms with Crippen LogP contribution in [0.15, 0.2) is 60.8 Å². The smallest absolute Gasteiger partial charge is 0.219 e. The maximum Gasteiger partial charge on any atom is 0.219 e. The molecule has 28 heavy (non-hydrogen) atoms. The predicted octanol–water partition coefficient (Wildman–Crippen LogP) is 5.49. The Morgan fingerprint density at radius 1 is 1.04 bits per heavy atom. The first-order chi connectivity index (χ1) is 13.6. The first-order valence-corrected chi connectivity index (χ1v) is 10.2. The van der Waals surface area contributed by atoms with Gasteiger partial charge in [0.15, 0.2) is 0 Å². The quantitative estimate of drug-likeness (QED) is 0.623. The van der Waals surface area contributed by atoms with Crippen molar-refractivity contribution in [2.75, 3.05) is 0 Å². The van der Waals surface area contributed by atoms with Crippen LogP contribution in [0.3, 0.4) is 0 Å². The summed E-state index contributed by atoms with van der Waals surface area (Å²) in [6.07, 6.45) is 5.37. The third kappa shape index (κ3) is 3.97. The number of amides is 1. The van der Waals surface area contributed by atoms with E-state index in [0.29, 0.717) is 12.5 Å². The molecule has 2 aromatic carbocycles. The molecule has 1 N–H and O–H groups in total. The zero-order chi connectivity index (χ0) is 19.5. The third-order valence-electron chi connectivity index (χ3n) is 5.47. The van der Waals surface area contributed by atoms with Gasteiger partial charge in [0.05, 0.1) is 11.7 Å². The van der Waals surface area contributed by atoms with Crippen LogP contribution in [0.25, 0.3) is 22.4 Å². The molecule has 2 atom stereocenters. The molecule has 1 fully saturated rings. The molecule has 1 heterocycles. The Morgan fingerprint density at radius 2 is 1.68 bits per heavy atom. The Labute approximate surface area is 170 Å². The second kappa shape index (κ2) is 8.19. The molecule has 1 saturated carbocycles. The lowest BCUT2D eigenvalue weighted by molar-refractivity contribution is -0.121. The third-order valence-corrected chi connectivity index (χ3v) is 5.72. The number of rotatable bonds is 5. The second-order valence-electron chi connectivity index (χ2n) is 7.33. The van der Waals surface area contributed by atoms with Crippen LogP contribution >= 0.6 is 11.6 Å². The summed E-state index contributed by atoms with van der Waals surface area (Å²) >= 11 is 5.98. The monoisotopic (exact) mass is 393 g/mol. The Morgan fingerprint density at radius 3 is 2.36 bits per heavy atom. The van der Waals surface area contributed by atoms with Gasteiger partial charge in [-0.3, -0.25) is 9.48 Å². The lowest BCUT2D eigenvalue weighted by Crippen LogP contribution is -2.32. The molecule has 1 aliphatic rings. The van der Waals surface area contributed by atoms with Gasteiger partial charge in [-0.2, -0.15) is 5.10 Å². The number of nitrogens with zero attached hydrogens (tertiary/aromatic N) is 2. The van der Waals surface area contributed by atoms with Crippen LogP contribution < -0.4 is 5.32 Å². The van der Waals surface area contributed by atoms with Gasteiger partial charge in [0, 0.05) is 23.7 Å². The highest BCUT2D eigenvalue weighted by Gasteiger charge is 2.28. The van der Waals surface area contributed by atoms with Gasteiger partial charge in [0.2, 0.25) is 5.91 Å². The van der Waals surface area contributed by atoms with Crippen molar-refractivity contribution in [1.29, 1.82) is 0 Å². The van der Waals surface area contributed by atoms with Crippen molar-refractivity contribution in [2.24, 2.45) is 0 Å². The SMILES string of the molecule is CCC(=O)NC1CCC(n2nccc2-c2ccc(-c3ccc(Cl)cc3)cc2)C1. The molecule has 1 amide bonds. The van der Waals surface area contributed by atoms with Crippen molar-refractivity contribution in [2.45, 2.75) is 44.7 Å². The fraction of sp³-hybridized carbons (Fsp3) is 0.304. The van der Waals surface area contributed by atoms with Crippen LogP contribution in [0.5, 0.6) is 0 Å². The van der Waals surface area contributed by atoms with Gasteiger partial charge in [-0.05, 0) is 54.2 Å². The van der Waals surface area contributed by atoms with E-state index in [1.54, 1.807) is 0 Å². The van der Waals surface area contributed by atoms with Gasteiger partial charge in [-0.25, -0.2) is 0 Å². The number of carbonyl (C=O) groups excluding carboxylic acids is 1. The van der Waals surface area contributed by atoms with Crippen LogP contribution in [-0.2, 0) is 4.79 Å². The summed E-state index contributed by atoms with van der Waals surface area (Å²) in [7, 11) is 0. The molecule has 4 rings (SSSR count). The van der Waals surface area contributed by atoms with Gasteiger partial charge in [0.1, 0.15) is 0 Å². The predicted molar refractivity (Wildman–Crippen MR) is 113 cm³/mol. The summed E-state index contributed by atoms with van der Waals surface area (Å²) in [5, 5.41) is 8.45. The number of benzene rings is 2. The molecule has 1 aromatic heterocycles. The Balaban J connectivity index is 1.51. The molecule has 2 unspecified atom stereocenters. The highest BCUT2D eigenvalue weighted by atomic mass is 35.5. The van der Waals surface area contributed by atoms with Gasteiger partial charge in [-0.15, -0.1) is 0 Å². The summed E-state index contributed by atoms with van der Waals surface area (Å²) in [5.74, 6) is 0.129. The summed E-state index contributed by atoms with van der Waals surface area (Å²) in [6, 6.07) is 19.1. The topological polar surface area (TPSA) is 46.9 Å². The summed E-state index contributed by atoms with van der Waals surface area (Å²) in [5.41, 5.74) is 4.58. The average molecular weight is 394 g/mol. The minimum atomic E-state index is 0.129. The van der Waals surface area contributed by atoms with Crippen LogP contribution in [0.4, 0.5) is 0 Å². The maximum atomic E-state index is 11.7. The number of nitrogens with one attached hydrogen (secondary N) is 1. The fourth-order valence-corrected chi connectivity index (χ4v) is 4.08. The van der Waals surface area contributed by atoms with Crippen molar-refractivity contribution >= 4 is 17.5 Å². The van der Waals surface area contributed by atoms with E-state index in [1.807, 2.05) is 37.4 Å². The Kier molecular flexibility index (Phi) is 5.49. The molecule has 0 aliphatic heterocycles. The Hall–Kier alpha value is -2.59. The summed E-state index contributed by atoms with van der Waals surface area (Å²) < 4.78 is 2.12. The lowest BCUT2D eigenvalue weighted by Gasteiger charge is -2.16. The zero-order valence-electron chi connectivity index (χ0n) is 15.9. The van der Waals surface area contributed by atoms with E-state index in [2.05, 4.69) is 45.4 Å². The first kappa shape index (κ1) is 18.8. The van der Waals surface area contributed by atoms with Crippen molar-refractivity contribution in [3.63, 3.8) is 0 Å². The highest BCUT2D eigenvalue weighted by molar-refractivity contribution is 6.30. The van der Waals surface area contributed by atoms with E-state index >= 15 is 0 Å². The van der Waals surface area contributed by atoms with E-state index in [4.69, 9.17) is 11.6 Å². The van der Waals surface area contributed by atoms with Crippen molar-refractivity contribution < 1.29 is 4.79 Å². The highest BCUT2D eigenvalue weighted by Crippen LogP contribution is 2.34. The van der Waals surface area contributed by atoms with Gasteiger partial charge >= 0.3 is 0 Å². The molecular formula is C23H24ClN3O. The minimum Gasteiger partial charge on any atom is -0.353 e. The largest absolute Gasteiger partial charge is 0.353 e. The average Bonchev–Trinajstić information content (AvgIpc) is 3.38. The minimum absolute atomic E-state index is 0.129. The van der Waals surface area contributed by atoms with E-state index < -0.39 is 0 Å². The molecule has 0 spiro atoms. The molecule has 0 bridgehead atoms. The van der Waals surface area contributed by atoms with Crippen molar-refractivity contribution in [3.05, 3.63) is 65.8 Å². The van der Waals surface area contributed by atoms with E-state index in [9.17, 15) is 4.79 Å². The number of hydrogen-bond acceptors (Lipinski definition) is 2. The fourth-order valence-electron chi connectivity index (χ4n) is 3.95. The van der Waals surface area contributed by atoms with Gasteiger partial charge < -0.3 is 5.32 Å². The number of carbonyl (C=O) groups is 1. The van der Waals surface area contributed by atoms with Crippen LogP contribution in [0.2, 0.25) is 5.02 Å². The molecule has 144 valence electrons. The number of aromatic nitrogens is 2. The molecule has 4 nitrogen and oxygen atoms in total. The van der Waals surface area contributed by atoms with E-state index in [0.717, 1.165) is 46.7 Å². The molecule has 5 heteroatoms. The van der Waals surface area contributed by atoms with E-state index in [-0.39, 0.29) is 11.9 Å². The molecule has 0 saturated heterocycles. The zero-order valence-corrected chi connectivity index (χ0v) is 16.7. The van der Waals surface area contributed by atoms with Crippen molar-refractivity contribution in [3.8, 4) is 22.4 Å².